The van der Waals surface area contributed by atoms with Crippen LogP contribution in [0.2, 0.25) is 0 Å². The monoisotopic (exact) mass is 414 g/mol. The van der Waals surface area contributed by atoms with Crippen LogP contribution < -0.4 is 14.5 Å². The van der Waals surface area contributed by atoms with E-state index in [1.807, 2.05) is 53.4 Å². The molecule has 0 N–H and O–H groups in total. The van der Waals surface area contributed by atoms with Crippen LogP contribution in [-0.4, -0.2) is 42.1 Å². The number of pyridine rings is 2. The van der Waals surface area contributed by atoms with Gasteiger partial charge < -0.3 is 14.5 Å². The molecule has 4 heterocycles. The van der Waals surface area contributed by atoms with Gasteiger partial charge in [-0.15, -0.1) is 0 Å². The number of nitrogens with zero attached hydrogens (tertiary/aromatic N) is 4. The Morgan fingerprint density at radius 2 is 1.74 bits per heavy atom. The van der Waals surface area contributed by atoms with Crippen molar-refractivity contribution in [2.24, 2.45) is 5.92 Å². The molecule has 158 valence electrons. The second-order valence-electron chi connectivity index (χ2n) is 8.12. The summed E-state index contributed by atoms with van der Waals surface area (Å²) in [5.74, 6) is 1.98. The van der Waals surface area contributed by atoms with Gasteiger partial charge >= 0.3 is 0 Å². The molecule has 2 aliphatic heterocycles. The second-order valence-corrected chi connectivity index (χ2v) is 8.12. The fourth-order valence-electron chi connectivity index (χ4n) is 4.46. The quantitative estimate of drug-likeness (QED) is 0.632. The van der Waals surface area contributed by atoms with E-state index in [2.05, 4.69) is 20.9 Å². The topological polar surface area (TPSA) is 58.6 Å². The molecule has 6 heteroatoms. The minimum absolute atomic E-state index is 0.0358. The van der Waals surface area contributed by atoms with Gasteiger partial charge in [-0.1, -0.05) is 24.3 Å². The zero-order valence-corrected chi connectivity index (χ0v) is 17.5. The Labute approximate surface area is 182 Å². The van der Waals surface area contributed by atoms with Crippen LogP contribution in [0, 0.1) is 5.92 Å². The van der Waals surface area contributed by atoms with E-state index in [0.717, 1.165) is 50.4 Å². The van der Waals surface area contributed by atoms with Gasteiger partial charge in [0.15, 0.2) is 0 Å². The molecule has 3 aromatic rings. The van der Waals surface area contributed by atoms with Crippen LogP contribution in [0.4, 0.5) is 11.5 Å². The van der Waals surface area contributed by atoms with E-state index in [0.29, 0.717) is 24.0 Å². The van der Waals surface area contributed by atoms with Crippen LogP contribution in [0.5, 0.6) is 5.88 Å². The first-order valence-electron chi connectivity index (χ1n) is 10.9. The van der Waals surface area contributed by atoms with Crippen LogP contribution in [0.1, 0.15) is 28.8 Å². The van der Waals surface area contributed by atoms with E-state index in [1.54, 1.807) is 12.4 Å². The van der Waals surface area contributed by atoms with Crippen LogP contribution in [0.3, 0.4) is 0 Å². The van der Waals surface area contributed by atoms with Crippen molar-refractivity contribution in [2.45, 2.75) is 19.3 Å². The van der Waals surface area contributed by atoms with Crippen molar-refractivity contribution in [3.63, 3.8) is 0 Å². The number of hydrogen-bond acceptors (Lipinski definition) is 5. The molecular formula is C25H26N4O2. The number of hydrogen-bond donors (Lipinski definition) is 0. The van der Waals surface area contributed by atoms with Crippen molar-refractivity contribution in [1.29, 1.82) is 0 Å². The average molecular weight is 415 g/mol. The van der Waals surface area contributed by atoms with Gasteiger partial charge in [0.25, 0.3) is 5.91 Å². The lowest BCUT2D eigenvalue weighted by Gasteiger charge is -2.33. The van der Waals surface area contributed by atoms with Crippen molar-refractivity contribution in [3.8, 4) is 5.88 Å². The number of ether oxygens (including phenoxy) is 1. The Balaban J connectivity index is 1.26. The Morgan fingerprint density at radius 1 is 0.935 bits per heavy atom. The molecule has 0 radical (unpaired) electrons. The molecule has 6 nitrogen and oxygen atoms in total. The summed E-state index contributed by atoms with van der Waals surface area (Å²) in [7, 11) is 0. The Kier molecular flexibility index (Phi) is 5.52. The number of carbonyl (C=O) groups is 1. The third-order valence-corrected chi connectivity index (χ3v) is 6.17. The van der Waals surface area contributed by atoms with Gasteiger partial charge in [0.05, 0.1) is 12.2 Å². The predicted molar refractivity (Wildman–Crippen MR) is 121 cm³/mol. The number of piperidine rings is 1. The molecule has 1 amide bonds. The Hall–Kier alpha value is -3.41. The molecule has 0 spiro atoms. The van der Waals surface area contributed by atoms with E-state index in [9.17, 15) is 4.79 Å². The molecular weight excluding hydrogens is 388 g/mol. The number of rotatable bonds is 5. The van der Waals surface area contributed by atoms with Gasteiger partial charge in [-0.05, 0) is 55.0 Å². The minimum atomic E-state index is 0.0358. The summed E-state index contributed by atoms with van der Waals surface area (Å²) >= 11 is 0. The van der Waals surface area contributed by atoms with Crippen LogP contribution in [0.15, 0.2) is 67.0 Å². The maximum absolute atomic E-state index is 13.4. The van der Waals surface area contributed by atoms with Crippen molar-refractivity contribution in [3.05, 3.63) is 78.1 Å². The highest BCUT2D eigenvalue weighted by Crippen LogP contribution is 2.31. The number of anilines is 2. The molecule has 1 fully saturated rings. The largest absolute Gasteiger partial charge is 0.477 e. The molecule has 0 unspecified atom stereocenters. The third kappa shape index (κ3) is 4.10. The third-order valence-electron chi connectivity index (χ3n) is 6.17. The zero-order valence-electron chi connectivity index (χ0n) is 17.5. The molecule has 0 bridgehead atoms. The van der Waals surface area contributed by atoms with Gasteiger partial charge in [0.2, 0.25) is 5.88 Å². The summed E-state index contributed by atoms with van der Waals surface area (Å²) in [5, 5.41) is 0. The maximum atomic E-state index is 13.4. The molecule has 1 saturated heterocycles. The standard InChI is InChI=1S/C25H26N4O2/c30-25(29-17-12-20-6-1-2-8-22(20)29)21-7-5-14-27-24(21)28-15-10-19(11-16-28)18-31-23-9-3-4-13-26-23/h1-9,13-14,19H,10-12,15-18H2. The molecule has 0 aliphatic carbocycles. The number of benzene rings is 1. The lowest BCUT2D eigenvalue weighted by atomic mass is 9.97. The molecule has 1 aromatic carbocycles. The highest BCUT2D eigenvalue weighted by molar-refractivity contribution is 6.10. The van der Waals surface area contributed by atoms with Crippen molar-refractivity contribution >= 4 is 17.4 Å². The molecule has 2 aliphatic rings. The normalized spacial score (nSPS) is 16.3. The summed E-state index contributed by atoms with van der Waals surface area (Å²) < 4.78 is 5.84. The first kappa shape index (κ1) is 19.5. The summed E-state index contributed by atoms with van der Waals surface area (Å²) in [6.07, 6.45) is 6.43. The number of aromatic nitrogens is 2. The van der Waals surface area contributed by atoms with Crippen LogP contribution in [-0.2, 0) is 6.42 Å². The van der Waals surface area contributed by atoms with Gasteiger partial charge in [0, 0.05) is 43.8 Å². The summed E-state index contributed by atoms with van der Waals surface area (Å²) in [5.41, 5.74) is 2.94. The highest BCUT2D eigenvalue weighted by atomic mass is 16.5. The second kappa shape index (κ2) is 8.76. The van der Waals surface area contributed by atoms with Gasteiger partial charge in [-0.25, -0.2) is 9.97 Å². The van der Waals surface area contributed by atoms with Crippen molar-refractivity contribution < 1.29 is 9.53 Å². The Morgan fingerprint density at radius 3 is 2.58 bits per heavy atom. The first-order valence-corrected chi connectivity index (χ1v) is 10.9. The molecule has 0 atom stereocenters. The van der Waals surface area contributed by atoms with Crippen molar-refractivity contribution in [2.75, 3.05) is 36.0 Å². The number of amides is 1. The molecule has 31 heavy (non-hydrogen) atoms. The van der Waals surface area contributed by atoms with Gasteiger partial charge in [-0.2, -0.15) is 0 Å². The molecule has 2 aromatic heterocycles. The van der Waals surface area contributed by atoms with E-state index in [4.69, 9.17) is 4.74 Å². The zero-order chi connectivity index (χ0) is 21.0. The number of fused-ring (bicyclic) bond motifs is 1. The van der Waals surface area contributed by atoms with Crippen LogP contribution in [0.25, 0.3) is 0 Å². The maximum Gasteiger partial charge on any atom is 0.262 e. The fourth-order valence-corrected chi connectivity index (χ4v) is 4.46. The predicted octanol–water partition coefficient (Wildman–Crippen LogP) is 3.97. The fraction of sp³-hybridized carbons (Fsp3) is 0.320. The summed E-state index contributed by atoms with van der Waals surface area (Å²) in [6.45, 7) is 3.12. The van der Waals surface area contributed by atoms with E-state index >= 15 is 0 Å². The summed E-state index contributed by atoms with van der Waals surface area (Å²) in [6, 6.07) is 17.6. The Bertz CT molecular complexity index is 1050. The molecule has 5 rings (SSSR count). The smallest absolute Gasteiger partial charge is 0.262 e. The SMILES string of the molecule is O=C(c1cccnc1N1CCC(COc2ccccn2)CC1)N1CCc2ccccc21. The lowest BCUT2D eigenvalue weighted by Crippen LogP contribution is -2.38. The lowest BCUT2D eigenvalue weighted by molar-refractivity contribution is 0.0989. The summed E-state index contributed by atoms with van der Waals surface area (Å²) in [4.78, 5) is 26.4. The van der Waals surface area contributed by atoms with Gasteiger partial charge in [0.1, 0.15) is 5.82 Å². The first-order chi connectivity index (χ1) is 15.3. The molecule has 0 saturated carbocycles. The van der Waals surface area contributed by atoms with E-state index in [1.165, 1.54) is 5.56 Å². The van der Waals surface area contributed by atoms with E-state index < -0.39 is 0 Å². The number of para-hydroxylation sites is 1. The minimum Gasteiger partial charge on any atom is -0.477 e. The highest BCUT2D eigenvalue weighted by Gasteiger charge is 2.29. The van der Waals surface area contributed by atoms with E-state index in [-0.39, 0.29) is 5.91 Å². The number of carbonyl (C=O) groups excluding carboxylic acids is 1. The average Bonchev–Trinajstić information content (AvgIpc) is 3.28. The van der Waals surface area contributed by atoms with Crippen molar-refractivity contribution in [1.82, 2.24) is 9.97 Å². The van der Waals surface area contributed by atoms with Crippen LogP contribution >= 0.6 is 0 Å². The van der Waals surface area contributed by atoms with Gasteiger partial charge in [-0.3, -0.25) is 4.79 Å².